The second-order valence-electron chi connectivity index (χ2n) is 4.46. The van der Waals surface area contributed by atoms with Crippen LogP contribution in [-0.2, 0) is 23.1 Å². The summed E-state index contributed by atoms with van der Waals surface area (Å²) in [5.41, 5.74) is 5.94. The fourth-order valence-electron chi connectivity index (χ4n) is 2.12. The third kappa shape index (κ3) is 2.15. The molecule has 20 heavy (non-hydrogen) atoms. The van der Waals surface area contributed by atoms with Crippen molar-refractivity contribution in [1.82, 2.24) is 19.1 Å². The number of anilines is 1. The van der Waals surface area contributed by atoms with Gasteiger partial charge in [0.15, 0.2) is 0 Å². The number of nitrogens with two attached hydrogens (primary N) is 1. The number of hydrogen-bond donors (Lipinski definition) is 1. The van der Waals surface area contributed by atoms with E-state index in [4.69, 9.17) is 17.3 Å². The number of nitrogen functional groups attached to an aromatic ring is 1. The Balaban J connectivity index is 1.99. The SMILES string of the molecule is Nc1ccc(Cl)cc1S(=O)(=O)N1CCn2cnnc2C1. The average molecular weight is 314 g/mol. The largest absolute Gasteiger partial charge is 0.398 e. The molecule has 0 aliphatic carbocycles. The maximum absolute atomic E-state index is 12.6. The first-order valence-corrected chi connectivity index (χ1v) is 7.72. The lowest BCUT2D eigenvalue weighted by Gasteiger charge is -2.26. The second-order valence-corrected chi connectivity index (χ2v) is 6.80. The standard InChI is InChI=1S/C11H12ClN5O2S/c12-8-1-2-9(13)10(5-8)20(18,19)17-4-3-16-7-14-15-11(16)6-17/h1-2,5,7H,3-4,6,13H2. The molecule has 7 nitrogen and oxygen atoms in total. The molecule has 0 atom stereocenters. The first-order valence-electron chi connectivity index (χ1n) is 5.90. The summed E-state index contributed by atoms with van der Waals surface area (Å²) in [6.45, 7) is 1.04. The number of sulfonamides is 1. The van der Waals surface area contributed by atoms with Crippen molar-refractivity contribution in [2.45, 2.75) is 18.0 Å². The van der Waals surface area contributed by atoms with Gasteiger partial charge in [-0.2, -0.15) is 4.31 Å². The lowest BCUT2D eigenvalue weighted by molar-refractivity contribution is 0.335. The van der Waals surface area contributed by atoms with Gasteiger partial charge in [0.05, 0.1) is 12.2 Å². The first-order chi connectivity index (χ1) is 9.48. The molecule has 0 saturated carbocycles. The minimum Gasteiger partial charge on any atom is -0.398 e. The minimum absolute atomic E-state index is 0.0259. The van der Waals surface area contributed by atoms with Gasteiger partial charge in [-0.25, -0.2) is 8.42 Å². The van der Waals surface area contributed by atoms with Crippen molar-refractivity contribution in [3.8, 4) is 0 Å². The third-order valence-corrected chi connectivity index (χ3v) is 5.33. The third-order valence-electron chi connectivity index (χ3n) is 3.20. The predicted molar refractivity (Wildman–Crippen MR) is 73.5 cm³/mol. The van der Waals surface area contributed by atoms with E-state index in [-0.39, 0.29) is 17.1 Å². The molecule has 9 heteroatoms. The van der Waals surface area contributed by atoms with E-state index in [1.54, 1.807) is 12.4 Å². The molecule has 106 valence electrons. The van der Waals surface area contributed by atoms with Crippen LogP contribution in [0.3, 0.4) is 0 Å². The number of nitrogens with zero attached hydrogens (tertiary/aromatic N) is 4. The van der Waals surface area contributed by atoms with Crippen molar-refractivity contribution < 1.29 is 8.42 Å². The summed E-state index contributed by atoms with van der Waals surface area (Å²) in [5.74, 6) is 0.612. The van der Waals surface area contributed by atoms with Crippen molar-refractivity contribution >= 4 is 27.3 Å². The summed E-state index contributed by atoms with van der Waals surface area (Å²) >= 11 is 5.86. The normalized spacial score (nSPS) is 16.1. The monoisotopic (exact) mass is 313 g/mol. The molecule has 0 radical (unpaired) electrons. The van der Waals surface area contributed by atoms with Crippen molar-refractivity contribution in [3.63, 3.8) is 0 Å². The predicted octanol–water partition coefficient (Wildman–Crippen LogP) is 0.718. The molecule has 0 amide bonds. The van der Waals surface area contributed by atoms with Gasteiger partial charge < -0.3 is 10.3 Å². The minimum atomic E-state index is -3.69. The summed E-state index contributed by atoms with van der Waals surface area (Å²) in [6.07, 6.45) is 1.59. The Bertz CT molecular complexity index is 758. The van der Waals surface area contributed by atoms with E-state index in [0.717, 1.165) is 0 Å². The molecular formula is C11H12ClN5O2S. The van der Waals surface area contributed by atoms with Crippen molar-refractivity contribution in [2.75, 3.05) is 12.3 Å². The highest BCUT2D eigenvalue weighted by Gasteiger charge is 2.30. The zero-order valence-electron chi connectivity index (χ0n) is 10.4. The molecule has 3 rings (SSSR count). The molecule has 2 heterocycles. The van der Waals surface area contributed by atoms with E-state index in [1.165, 1.54) is 16.4 Å². The molecule has 1 aliphatic rings. The van der Waals surface area contributed by atoms with Gasteiger partial charge in [-0.3, -0.25) is 0 Å². The number of halogens is 1. The van der Waals surface area contributed by atoms with Gasteiger partial charge in [-0.05, 0) is 18.2 Å². The van der Waals surface area contributed by atoms with Crippen LogP contribution >= 0.6 is 11.6 Å². The fourth-order valence-corrected chi connectivity index (χ4v) is 3.88. The molecule has 1 aromatic heterocycles. The Kier molecular flexibility index (Phi) is 3.15. The first kappa shape index (κ1) is 13.3. The fraction of sp³-hybridized carbons (Fsp3) is 0.273. The van der Waals surface area contributed by atoms with Crippen molar-refractivity contribution in [1.29, 1.82) is 0 Å². The van der Waals surface area contributed by atoms with Crippen molar-refractivity contribution in [2.24, 2.45) is 0 Å². The van der Waals surface area contributed by atoms with Crippen LogP contribution < -0.4 is 5.73 Å². The molecule has 0 fully saturated rings. The topological polar surface area (TPSA) is 94.1 Å². The van der Waals surface area contributed by atoms with Crippen LogP contribution in [-0.4, -0.2) is 34.0 Å². The summed E-state index contributed by atoms with van der Waals surface area (Å²) in [5, 5.41) is 8.01. The molecule has 2 aromatic rings. The summed E-state index contributed by atoms with van der Waals surface area (Å²) < 4.78 is 28.4. The Morgan fingerprint density at radius 3 is 2.90 bits per heavy atom. The molecule has 0 spiro atoms. The summed E-state index contributed by atoms with van der Waals surface area (Å²) in [6, 6.07) is 4.41. The zero-order chi connectivity index (χ0) is 14.3. The number of hydrogen-bond acceptors (Lipinski definition) is 5. The Labute approximate surface area is 121 Å². The number of fused-ring (bicyclic) bond motifs is 1. The molecule has 0 saturated heterocycles. The van der Waals surface area contributed by atoms with Crippen LogP contribution in [0, 0.1) is 0 Å². The Hall–Kier alpha value is -1.64. The van der Waals surface area contributed by atoms with Gasteiger partial charge in [0.25, 0.3) is 0 Å². The highest BCUT2D eigenvalue weighted by atomic mass is 35.5. The van der Waals surface area contributed by atoms with E-state index in [2.05, 4.69) is 10.2 Å². The highest BCUT2D eigenvalue weighted by molar-refractivity contribution is 7.89. The van der Waals surface area contributed by atoms with Gasteiger partial charge in [-0.1, -0.05) is 11.6 Å². The van der Waals surface area contributed by atoms with Crippen molar-refractivity contribution in [3.05, 3.63) is 35.4 Å². The van der Waals surface area contributed by atoms with E-state index >= 15 is 0 Å². The molecule has 2 N–H and O–H groups in total. The van der Waals surface area contributed by atoms with E-state index in [1.807, 2.05) is 4.57 Å². The molecule has 0 bridgehead atoms. The van der Waals surface area contributed by atoms with E-state index < -0.39 is 10.0 Å². The smallest absolute Gasteiger partial charge is 0.245 e. The van der Waals surface area contributed by atoms with Crippen LogP contribution in [0.2, 0.25) is 5.02 Å². The lowest BCUT2D eigenvalue weighted by atomic mass is 10.3. The van der Waals surface area contributed by atoms with Gasteiger partial charge >= 0.3 is 0 Å². The maximum Gasteiger partial charge on any atom is 0.245 e. The lowest BCUT2D eigenvalue weighted by Crippen LogP contribution is -2.38. The molecule has 1 aliphatic heterocycles. The number of rotatable bonds is 2. The van der Waals surface area contributed by atoms with E-state index in [9.17, 15) is 8.42 Å². The number of aromatic nitrogens is 3. The summed E-state index contributed by atoms with van der Waals surface area (Å²) in [4.78, 5) is 0.0259. The van der Waals surface area contributed by atoms with Gasteiger partial charge in [-0.15, -0.1) is 10.2 Å². The van der Waals surface area contributed by atoms with Gasteiger partial charge in [0.2, 0.25) is 10.0 Å². The summed E-state index contributed by atoms with van der Waals surface area (Å²) in [7, 11) is -3.69. The zero-order valence-corrected chi connectivity index (χ0v) is 12.0. The van der Waals surface area contributed by atoms with E-state index in [0.29, 0.717) is 23.9 Å². The van der Waals surface area contributed by atoms with Gasteiger partial charge in [0.1, 0.15) is 17.0 Å². The second kappa shape index (κ2) is 4.72. The number of benzene rings is 1. The van der Waals surface area contributed by atoms with Crippen LogP contribution in [0.15, 0.2) is 29.4 Å². The van der Waals surface area contributed by atoms with Crippen LogP contribution in [0.4, 0.5) is 5.69 Å². The van der Waals surface area contributed by atoms with Crippen LogP contribution in [0.5, 0.6) is 0 Å². The quantitative estimate of drug-likeness (QED) is 0.824. The maximum atomic E-state index is 12.6. The van der Waals surface area contributed by atoms with Crippen LogP contribution in [0.25, 0.3) is 0 Å². The van der Waals surface area contributed by atoms with Gasteiger partial charge in [0, 0.05) is 18.1 Å². The Morgan fingerprint density at radius 1 is 1.30 bits per heavy atom. The highest BCUT2D eigenvalue weighted by Crippen LogP contribution is 2.27. The molecular weight excluding hydrogens is 302 g/mol. The molecule has 1 aromatic carbocycles. The van der Waals surface area contributed by atoms with Crippen LogP contribution in [0.1, 0.15) is 5.82 Å². The molecule has 0 unspecified atom stereocenters. The Morgan fingerprint density at radius 2 is 2.10 bits per heavy atom. The average Bonchev–Trinajstić information content (AvgIpc) is 2.88.